The Balaban J connectivity index is 1.70. The lowest BCUT2D eigenvalue weighted by Gasteiger charge is -2.31. The maximum absolute atomic E-state index is 12.8. The van der Waals surface area contributed by atoms with Crippen LogP contribution in [0.1, 0.15) is 23.2 Å². The largest absolute Gasteiger partial charge is 0.379 e. The first-order valence-corrected chi connectivity index (χ1v) is 9.38. The van der Waals surface area contributed by atoms with Crippen molar-refractivity contribution in [3.8, 4) is 5.69 Å². The lowest BCUT2D eigenvalue weighted by Crippen LogP contribution is -2.42. The molecule has 2 aromatic rings. The number of fused-ring (bicyclic) bond motifs is 3. The quantitative estimate of drug-likeness (QED) is 0.839. The normalized spacial score (nSPS) is 20.9. The summed E-state index contributed by atoms with van der Waals surface area (Å²) in [5.41, 5.74) is 0.673. The summed E-state index contributed by atoms with van der Waals surface area (Å²) in [5.74, 6) is -0.110. The molecule has 1 saturated heterocycles. The standard InChI is InChI=1S/C15H17N5O4S/c1-19(11-3-2-6-24-8-11)14(21)10-4-5-12-13(7-10)25(22,23)18-15-16-9-17-20(12)15/h4-5,7,9,11H,2-3,6,8H2,1H3,(H,16,17,18). The summed E-state index contributed by atoms with van der Waals surface area (Å²) < 4.78 is 34.1. The molecule has 3 heterocycles. The highest BCUT2D eigenvalue weighted by molar-refractivity contribution is 7.93. The summed E-state index contributed by atoms with van der Waals surface area (Å²) in [6.45, 7) is 1.21. The van der Waals surface area contributed by atoms with E-state index in [-0.39, 0.29) is 22.8 Å². The highest BCUT2D eigenvalue weighted by Gasteiger charge is 2.31. The fraction of sp³-hybridized carbons (Fsp3) is 0.400. The Labute approximate surface area is 144 Å². The number of sulfonamides is 1. The van der Waals surface area contributed by atoms with E-state index in [1.54, 1.807) is 24.1 Å². The summed E-state index contributed by atoms with van der Waals surface area (Å²) in [4.78, 5) is 18.2. The zero-order chi connectivity index (χ0) is 17.6. The fourth-order valence-electron chi connectivity index (χ4n) is 3.10. The third kappa shape index (κ3) is 2.67. The Hall–Kier alpha value is -2.46. The Morgan fingerprint density at radius 3 is 3.04 bits per heavy atom. The van der Waals surface area contributed by atoms with Crippen molar-refractivity contribution in [2.45, 2.75) is 23.8 Å². The highest BCUT2D eigenvalue weighted by Crippen LogP contribution is 2.30. The van der Waals surface area contributed by atoms with Crippen LogP contribution in [0.5, 0.6) is 0 Å². The van der Waals surface area contributed by atoms with Crippen molar-refractivity contribution in [1.29, 1.82) is 0 Å². The number of hydrogen-bond acceptors (Lipinski definition) is 6. The molecule has 2 aliphatic rings. The molecular weight excluding hydrogens is 346 g/mol. The second-order valence-electron chi connectivity index (χ2n) is 6.07. The zero-order valence-corrected chi connectivity index (χ0v) is 14.4. The van der Waals surface area contributed by atoms with E-state index in [0.29, 0.717) is 24.5 Å². The number of nitrogens with one attached hydrogen (secondary N) is 1. The van der Waals surface area contributed by atoms with Crippen molar-refractivity contribution < 1.29 is 17.9 Å². The van der Waals surface area contributed by atoms with Gasteiger partial charge in [-0.3, -0.25) is 4.79 Å². The molecule has 4 rings (SSSR count). The number of carbonyl (C=O) groups is 1. The van der Waals surface area contributed by atoms with Gasteiger partial charge in [0.25, 0.3) is 15.9 Å². The van der Waals surface area contributed by atoms with Crippen LogP contribution in [0.2, 0.25) is 0 Å². The molecule has 10 heteroatoms. The molecule has 0 spiro atoms. The van der Waals surface area contributed by atoms with E-state index in [4.69, 9.17) is 4.74 Å². The van der Waals surface area contributed by atoms with Gasteiger partial charge in [-0.05, 0) is 31.0 Å². The van der Waals surface area contributed by atoms with E-state index in [2.05, 4.69) is 14.8 Å². The molecule has 1 N–H and O–H groups in total. The molecule has 132 valence electrons. The molecule has 0 aliphatic carbocycles. The summed E-state index contributed by atoms with van der Waals surface area (Å²) in [7, 11) is -2.09. The van der Waals surface area contributed by atoms with Crippen LogP contribution < -0.4 is 4.72 Å². The summed E-state index contributed by atoms with van der Waals surface area (Å²) in [6.07, 6.45) is 3.04. The van der Waals surface area contributed by atoms with Gasteiger partial charge in [-0.2, -0.15) is 14.8 Å². The molecule has 25 heavy (non-hydrogen) atoms. The molecule has 0 radical (unpaired) electrons. The molecule has 1 amide bonds. The van der Waals surface area contributed by atoms with Crippen LogP contribution in [0.3, 0.4) is 0 Å². The van der Waals surface area contributed by atoms with Gasteiger partial charge in [0.05, 0.1) is 18.3 Å². The molecule has 1 aromatic carbocycles. The van der Waals surface area contributed by atoms with E-state index < -0.39 is 10.0 Å². The van der Waals surface area contributed by atoms with Gasteiger partial charge in [0.1, 0.15) is 11.2 Å². The van der Waals surface area contributed by atoms with Gasteiger partial charge in [-0.25, -0.2) is 13.1 Å². The minimum Gasteiger partial charge on any atom is -0.379 e. The molecular formula is C15H17N5O4S. The van der Waals surface area contributed by atoms with Crippen LogP contribution in [-0.2, 0) is 14.8 Å². The van der Waals surface area contributed by atoms with Crippen LogP contribution in [0.25, 0.3) is 5.69 Å². The van der Waals surface area contributed by atoms with Crippen LogP contribution in [0.4, 0.5) is 5.95 Å². The van der Waals surface area contributed by atoms with Gasteiger partial charge >= 0.3 is 0 Å². The number of likely N-dealkylation sites (N-methyl/N-ethyl adjacent to an activating group) is 1. The monoisotopic (exact) mass is 363 g/mol. The first-order chi connectivity index (χ1) is 12.0. The number of carbonyl (C=O) groups excluding carboxylic acids is 1. The minimum atomic E-state index is -3.80. The average Bonchev–Trinajstić information content (AvgIpc) is 3.08. The smallest absolute Gasteiger partial charge is 0.266 e. The highest BCUT2D eigenvalue weighted by atomic mass is 32.2. The Bertz CT molecular complexity index is 933. The molecule has 1 aromatic heterocycles. The van der Waals surface area contributed by atoms with Crippen molar-refractivity contribution in [1.82, 2.24) is 19.7 Å². The Morgan fingerprint density at radius 2 is 2.28 bits per heavy atom. The second kappa shape index (κ2) is 5.81. The molecule has 2 aliphatic heterocycles. The topological polar surface area (TPSA) is 106 Å². The number of ether oxygens (including phenoxy) is 1. The van der Waals surface area contributed by atoms with Crippen molar-refractivity contribution in [3.63, 3.8) is 0 Å². The first-order valence-electron chi connectivity index (χ1n) is 7.89. The van der Waals surface area contributed by atoms with Gasteiger partial charge in [0, 0.05) is 19.2 Å². The van der Waals surface area contributed by atoms with Crippen molar-refractivity contribution in [2.75, 3.05) is 25.0 Å². The van der Waals surface area contributed by atoms with E-state index in [0.717, 1.165) is 12.8 Å². The number of anilines is 1. The third-order valence-corrected chi connectivity index (χ3v) is 5.86. The van der Waals surface area contributed by atoms with Gasteiger partial charge in [-0.1, -0.05) is 0 Å². The molecule has 9 nitrogen and oxygen atoms in total. The number of rotatable bonds is 2. The number of benzene rings is 1. The van der Waals surface area contributed by atoms with Gasteiger partial charge < -0.3 is 9.64 Å². The lowest BCUT2D eigenvalue weighted by atomic mass is 10.1. The first kappa shape index (κ1) is 16.0. The van der Waals surface area contributed by atoms with Crippen LogP contribution >= 0.6 is 0 Å². The van der Waals surface area contributed by atoms with Crippen LogP contribution in [0, 0.1) is 0 Å². The van der Waals surface area contributed by atoms with Crippen molar-refractivity contribution >= 4 is 21.9 Å². The SMILES string of the molecule is CN(C(=O)c1ccc2c(c1)S(=O)(=O)Nc1ncnn1-2)C1CCCOC1. The van der Waals surface area contributed by atoms with Gasteiger partial charge in [-0.15, -0.1) is 0 Å². The molecule has 1 atom stereocenters. The third-order valence-electron chi connectivity index (χ3n) is 4.50. The van der Waals surface area contributed by atoms with E-state index in [1.165, 1.54) is 17.1 Å². The van der Waals surface area contributed by atoms with Crippen molar-refractivity contribution in [3.05, 3.63) is 30.1 Å². The minimum absolute atomic E-state index is 0.00430. The molecule has 0 saturated carbocycles. The Morgan fingerprint density at radius 1 is 1.44 bits per heavy atom. The summed E-state index contributed by atoms with van der Waals surface area (Å²) in [5, 5.41) is 4.01. The number of amides is 1. The maximum atomic E-state index is 12.8. The van der Waals surface area contributed by atoms with Gasteiger partial charge in [0.2, 0.25) is 5.95 Å². The predicted molar refractivity (Wildman–Crippen MR) is 88.1 cm³/mol. The van der Waals surface area contributed by atoms with Crippen molar-refractivity contribution in [2.24, 2.45) is 0 Å². The molecule has 0 bridgehead atoms. The summed E-state index contributed by atoms with van der Waals surface area (Å²) >= 11 is 0. The predicted octanol–water partition coefficient (Wildman–Crippen LogP) is 0.632. The van der Waals surface area contributed by atoms with Gasteiger partial charge in [0.15, 0.2) is 0 Å². The van der Waals surface area contributed by atoms with E-state index >= 15 is 0 Å². The Kier molecular flexibility index (Phi) is 3.73. The maximum Gasteiger partial charge on any atom is 0.266 e. The zero-order valence-electron chi connectivity index (χ0n) is 13.5. The fourth-order valence-corrected chi connectivity index (χ4v) is 4.30. The second-order valence-corrected chi connectivity index (χ2v) is 7.72. The van der Waals surface area contributed by atoms with E-state index in [1.807, 2.05) is 0 Å². The number of nitrogens with zero attached hydrogens (tertiary/aromatic N) is 4. The molecule has 1 unspecified atom stereocenters. The summed E-state index contributed by atoms with van der Waals surface area (Å²) in [6, 6.07) is 4.55. The van der Waals surface area contributed by atoms with Crippen LogP contribution in [-0.4, -0.2) is 60.3 Å². The number of hydrogen-bond donors (Lipinski definition) is 1. The van der Waals surface area contributed by atoms with E-state index in [9.17, 15) is 13.2 Å². The number of aromatic nitrogens is 3. The molecule has 1 fully saturated rings. The average molecular weight is 363 g/mol. The van der Waals surface area contributed by atoms with Crippen LogP contribution in [0.15, 0.2) is 29.4 Å². The lowest BCUT2D eigenvalue weighted by molar-refractivity contribution is 0.0244.